The Balaban J connectivity index is 2.08. The summed E-state index contributed by atoms with van der Waals surface area (Å²) in [7, 11) is 2.05. The van der Waals surface area contributed by atoms with Crippen LogP contribution in [-0.2, 0) is 12.8 Å². The van der Waals surface area contributed by atoms with Crippen molar-refractivity contribution in [3.05, 3.63) is 29.3 Å². The summed E-state index contributed by atoms with van der Waals surface area (Å²) in [6.07, 6.45) is 3.82. The predicted molar refractivity (Wildman–Crippen MR) is 81.4 cm³/mol. The highest BCUT2D eigenvalue weighted by molar-refractivity contribution is 7.99. The van der Waals surface area contributed by atoms with E-state index in [4.69, 9.17) is 0 Å². The van der Waals surface area contributed by atoms with Gasteiger partial charge in [-0.05, 0) is 67.6 Å². The van der Waals surface area contributed by atoms with Crippen molar-refractivity contribution in [3.63, 3.8) is 0 Å². The summed E-state index contributed by atoms with van der Waals surface area (Å²) in [5, 5.41) is 3.33. The van der Waals surface area contributed by atoms with Gasteiger partial charge in [0.05, 0.1) is 0 Å². The van der Waals surface area contributed by atoms with Gasteiger partial charge < -0.3 is 5.32 Å². The van der Waals surface area contributed by atoms with Gasteiger partial charge >= 0.3 is 0 Å². The van der Waals surface area contributed by atoms with Crippen LogP contribution in [-0.4, -0.2) is 19.3 Å². The number of rotatable bonds is 5. The van der Waals surface area contributed by atoms with Gasteiger partial charge in [0.15, 0.2) is 0 Å². The highest BCUT2D eigenvalue weighted by atomic mass is 32.2. The maximum atomic E-state index is 3.33. The molecule has 18 heavy (non-hydrogen) atoms. The molecule has 0 fully saturated rings. The Kier molecular flexibility index (Phi) is 5.13. The van der Waals surface area contributed by atoms with E-state index in [2.05, 4.69) is 44.4 Å². The number of fused-ring (bicyclic) bond motifs is 1. The largest absolute Gasteiger partial charge is 0.319 e. The molecule has 0 saturated carbocycles. The summed E-state index contributed by atoms with van der Waals surface area (Å²) in [6.45, 7) is 5.77. The Labute approximate surface area is 116 Å². The molecule has 0 saturated heterocycles. The molecular weight excluding hydrogens is 238 g/mol. The minimum absolute atomic E-state index is 0.739. The van der Waals surface area contributed by atoms with E-state index in [1.807, 2.05) is 11.8 Å². The fourth-order valence-electron chi connectivity index (χ4n) is 2.65. The minimum atomic E-state index is 0.739. The second-order valence-electron chi connectivity index (χ2n) is 5.66. The molecule has 1 atom stereocenters. The average molecular weight is 263 g/mol. The second kappa shape index (κ2) is 6.63. The van der Waals surface area contributed by atoms with Gasteiger partial charge in [-0.15, -0.1) is 11.8 Å². The molecule has 1 aromatic rings. The summed E-state index contributed by atoms with van der Waals surface area (Å²) in [4.78, 5) is 1.51. The molecule has 0 bridgehead atoms. The van der Waals surface area contributed by atoms with Crippen molar-refractivity contribution in [2.24, 2.45) is 11.8 Å². The van der Waals surface area contributed by atoms with Crippen molar-refractivity contribution in [1.29, 1.82) is 0 Å². The van der Waals surface area contributed by atoms with Crippen LogP contribution in [0.2, 0.25) is 0 Å². The molecule has 1 unspecified atom stereocenters. The zero-order valence-electron chi connectivity index (χ0n) is 11.8. The van der Waals surface area contributed by atoms with Crippen molar-refractivity contribution < 1.29 is 0 Å². The number of hydrogen-bond acceptors (Lipinski definition) is 2. The second-order valence-corrected chi connectivity index (χ2v) is 6.80. The Morgan fingerprint density at radius 3 is 2.89 bits per heavy atom. The standard InChI is InChI=1S/C16H25NS/c1-12(2)15(11-17-3)10-13-6-7-16-14(9-13)5-4-8-18-16/h6-7,9,12,15,17H,4-5,8,10-11H2,1-3H3. The van der Waals surface area contributed by atoms with Crippen molar-refractivity contribution >= 4 is 11.8 Å². The van der Waals surface area contributed by atoms with Crippen LogP contribution in [0.3, 0.4) is 0 Å². The third kappa shape index (κ3) is 3.52. The molecule has 1 nitrogen and oxygen atoms in total. The van der Waals surface area contributed by atoms with Crippen LogP contribution in [0, 0.1) is 11.8 Å². The third-order valence-corrected chi connectivity index (χ3v) is 5.08. The highest BCUT2D eigenvalue weighted by Gasteiger charge is 2.15. The molecule has 0 radical (unpaired) electrons. The number of benzene rings is 1. The highest BCUT2D eigenvalue weighted by Crippen LogP contribution is 2.31. The lowest BCUT2D eigenvalue weighted by molar-refractivity contribution is 0.370. The molecule has 1 heterocycles. The average Bonchev–Trinajstić information content (AvgIpc) is 2.38. The van der Waals surface area contributed by atoms with Gasteiger partial charge in [-0.1, -0.05) is 26.0 Å². The summed E-state index contributed by atoms with van der Waals surface area (Å²) in [6, 6.07) is 7.12. The number of hydrogen-bond donors (Lipinski definition) is 1. The van der Waals surface area contributed by atoms with E-state index in [1.54, 1.807) is 5.56 Å². The molecule has 0 spiro atoms. The molecule has 2 rings (SSSR count). The Morgan fingerprint density at radius 2 is 2.17 bits per heavy atom. The van der Waals surface area contributed by atoms with Gasteiger partial charge in [0.2, 0.25) is 0 Å². The van der Waals surface area contributed by atoms with E-state index in [0.717, 1.165) is 18.4 Å². The van der Waals surface area contributed by atoms with E-state index in [0.29, 0.717) is 0 Å². The smallest absolute Gasteiger partial charge is 0.0104 e. The number of nitrogens with one attached hydrogen (secondary N) is 1. The summed E-state index contributed by atoms with van der Waals surface area (Å²) in [5.41, 5.74) is 3.10. The van der Waals surface area contributed by atoms with E-state index < -0.39 is 0 Å². The summed E-state index contributed by atoms with van der Waals surface area (Å²) >= 11 is 2.02. The van der Waals surface area contributed by atoms with Crippen LogP contribution < -0.4 is 5.32 Å². The molecule has 0 amide bonds. The van der Waals surface area contributed by atoms with Crippen molar-refractivity contribution in [2.45, 2.75) is 38.0 Å². The molecule has 1 aromatic carbocycles. The maximum Gasteiger partial charge on any atom is 0.0104 e. The van der Waals surface area contributed by atoms with Crippen molar-refractivity contribution in [1.82, 2.24) is 5.32 Å². The van der Waals surface area contributed by atoms with Crippen molar-refractivity contribution in [2.75, 3.05) is 19.3 Å². The Bertz CT molecular complexity index is 387. The van der Waals surface area contributed by atoms with Crippen LogP contribution in [0.15, 0.2) is 23.1 Å². The predicted octanol–water partition coefficient (Wildman–Crippen LogP) is 3.76. The zero-order chi connectivity index (χ0) is 13.0. The first kappa shape index (κ1) is 14.0. The topological polar surface area (TPSA) is 12.0 Å². The van der Waals surface area contributed by atoms with Crippen LogP contribution in [0.4, 0.5) is 0 Å². The van der Waals surface area contributed by atoms with Crippen LogP contribution in [0.25, 0.3) is 0 Å². The van der Waals surface area contributed by atoms with E-state index in [9.17, 15) is 0 Å². The number of aryl methyl sites for hydroxylation is 1. The molecule has 0 aromatic heterocycles. The summed E-state index contributed by atoms with van der Waals surface area (Å²) < 4.78 is 0. The lowest BCUT2D eigenvalue weighted by Crippen LogP contribution is -2.25. The van der Waals surface area contributed by atoms with Crippen LogP contribution in [0.5, 0.6) is 0 Å². The lowest BCUT2D eigenvalue weighted by Gasteiger charge is -2.22. The lowest BCUT2D eigenvalue weighted by atomic mass is 9.88. The first-order valence-corrected chi connectivity index (χ1v) is 8.08. The van der Waals surface area contributed by atoms with Crippen LogP contribution >= 0.6 is 11.8 Å². The normalized spacial score (nSPS) is 16.7. The minimum Gasteiger partial charge on any atom is -0.319 e. The molecule has 0 aliphatic carbocycles. The quantitative estimate of drug-likeness (QED) is 0.868. The monoisotopic (exact) mass is 263 g/mol. The Hall–Kier alpha value is -0.470. The molecule has 1 aliphatic rings. The van der Waals surface area contributed by atoms with Gasteiger partial charge in [-0.25, -0.2) is 0 Å². The van der Waals surface area contributed by atoms with Crippen molar-refractivity contribution in [3.8, 4) is 0 Å². The van der Waals surface area contributed by atoms with Gasteiger partial charge in [0.25, 0.3) is 0 Å². The maximum absolute atomic E-state index is 3.33. The van der Waals surface area contributed by atoms with Gasteiger partial charge in [-0.2, -0.15) is 0 Å². The third-order valence-electron chi connectivity index (χ3n) is 3.88. The molecule has 1 N–H and O–H groups in total. The van der Waals surface area contributed by atoms with Gasteiger partial charge in [0, 0.05) is 4.90 Å². The molecule has 1 aliphatic heterocycles. The fourth-order valence-corrected chi connectivity index (χ4v) is 3.67. The fraction of sp³-hybridized carbons (Fsp3) is 0.625. The Morgan fingerprint density at radius 1 is 1.33 bits per heavy atom. The molecule has 100 valence electrons. The van der Waals surface area contributed by atoms with E-state index in [-0.39, 0.29) is 0 Å². The van der Waals surface area contributed by atoms with Gasteiger partial charge in [-0.3, -0.25) is 0 Å². The van der Waals surface area contributed by atoms with E-state index in [1.165, 1.54) is 35.5 Å². The molecule has 2 heteroatoms. The van der Waals surface area contributed by atoms with E-state index >= 15 is 0 Å². The number of thioether (sulfide) groups is 1. The van der Waals surface area contributed by atoms with Crippen LogP contribution in [0.1, 0.15) is 31.4 Å². The first-order valence-electron chi connectivity index (χ1n) is 7.10. The van der Waals surface area contributed by atoms with Gasteiger partial charge in [0.1, 0.15) is 0 Å². The SMILES string of the molecule is CNCC(Cc1ccc2c(c1)CCCS2)C(C)C. The molecular formula is C16H25NS. The first-order chi connectivity index (χ1) is 8.70. The zero-order valence-corrected chi connectivity index (χ0v) is 12.6. The summed E-state index contributed by atoms with van der Waals surface area (Å²) in [5.74, 6) is 2.77.